The van der Waals surface area contributed by atoms with E-state index in [0.29, 0.717) is 0 Å². The number of rotatable bonds is 5. The highest BCUT2D eigenvalue weighted by Gasteiger charge is 2.23. The lowest BCUT2D eigenvalue weighted by Gasteiger charge is -2.08. The van der Waals surface area contributed by atoms with Crippen LogP contribution in [0.4, 0.5) is 0 Å². The summed E-state index contributed by atoms with van der Waals surface area (Å²) in [6.07, 6.45) is 4.02. The van der Waals surface area contributed by atoms with E-state index in [9.17, 15) is 9.00 Å². The van der Waals surface area contributed by atoms with E-state index in [2.05, 4.69) is 4.72 Å². The van der Waals surface area contributed by atoms with Gasteiger partial charge in [-0.15, -0.1) is 0 Å². The van der Waals surface area contributed by atoms with Gasteiger partial charge in [0.1, 0.15) is 6.61 Å². The Morgan fingerprint density at radius 3 is 2.71 bits per heavy atom. The van der Waals surface area contributed by atoms with E-state index >= 15 is 0 Å². The van der Waals surface area contributed by atoms with Gasteiger partial charge in [0.2, 0.25) is 11.3 Å². The molecule has 0 radical (unpaired) electrons. The summed E-state index contributed by atoms with van der Waals surface area (Å²) in [5.74, 6) is -0.123. The Bertz CT molecular complexity index is 215. The molecule has 0 aromatic rings. The fourth-order valence-corrected chi connectivity index (χ4v) is 1.82. The molecule has 82 valence electrons. The van der Waals surface area contributed by atoms with Crippen LogP contribution in [0, 0.1) is 5.92 Å². The second kappa shape index (κ2) is 6.10. The molecule has 0 saturated heterocycles. The molecule has 5 nitrogen and oxygen atoms in total. The first-order chi connectivity index (χ1) is 6.70. The van der Waals surface area contributed by atoms with Crippen LogP contribution < -0.4 is 4.72 Å². The van der Waals surface area contributed by atoms with Crippen LogP contribution in [0.15, 0.2) is 0 Å². The highest BCUT2D eigenvalue weighted by Crippen LogP contribution is 2.25. The van der Waals surface area contributed by atoms with E-state index in [1.807, 2.05) is 0 Å². The van der Waals surface area contributed by atoms with E-state index in [0.717, 1.165) is 25.7 Å². The minimum atomic E-state index is -2.02. The molecule has 1 rings (SSSR count). The van der Waals surface area contributed by atoms with E-state index < -0.39 is 11.3 Å². The summed E-state index contributed by atoms with van der Waals surface area (Å²) < 4.78 is 25.7. The molecule has 1 unspecified atom stereocenters. The molecule has 1 aliphatic rings. The van der Waals surface area contributed by atoms with Gasteiger partial charge in [-0.2, -0.15) is 0 Å². The van der Waals surface area contributed by atoms with Gasteiger partial charge in [-0.05, 0) is 12.8 Å². The zero-order chi connectivity index (χ0) is 10.4. The van der Waals surface area contributed by atoms with Crippen molar-refractivity contribution >= 4 is 17.2 Å². The fraction of sp³-hybridized carbons (Fsp3) is 0.875. The number of ether oxygens (including phenoxy) is 1. The normalized spacial score (nSPS) is 19.5. The number of hydrogen-bond donors (Lipinski definition) is 2. The molecule has 0 aromatic heterocycles. The Morgan fingerprint density at radius 2 is 2.14 bits per heavy atom. The Balaban J connectivity index is 2.05. The van der Waals surface area contributed by atoms with Gasteiger partial charge >= 0.3 is 5.97 Å². The van der Waals surface area contributed by atoms with Crippen molar-refractivity contribution in [2.24, 2.45) is 5.92 Å². The van der Waals surface area contributed by atoms with Crippen LogP contribution in [0.25, 0.3) is 0 Å². The molecule has 14 heavy (non-hydrogen) atoms. The molecule has 1 fully saturated rings. The van der Waals surface area contributed by atoms with Crippen molar-refractivity contribution in [3.8, 4) is 0 Å². The quantitative estimate of drug-likeness (QED) is 0.401. The van der Waals surface area contributed by atoms with Gasteiger partial charge in [-0.3, -0.25) is 9.35 Å². The lowest BCUT2D eigenvalue weighted by molar-refractivity contribution is -0.148. The summed E-state index contributed by atoms with van der Waals surface area (Å²) in [4.78, 5) is 11.3. The van der Waals surface area contributed by atoms with Gasteiger partial charge < -0.3 is 4.74 Å². The lowest BCUT2D eigenvalue weighted by Crippen LogP contribution is -2.24. The zero-order valence-electron chi connectivity index (χ0n) is 7.90. The molecule has 0 aliphatic heterocycles. The molecule has 0 bridgehead atoms. The van der Waals surface area contributed by atoms with Gasteiger partial charge in [0.25, 0.3) is 0 Å². The smallest absolute Gasteiger partial charge is 0.308 e. The second-order valence-corrected chi connectivity index (χ2v) is 4.08. The van der Waals surface area contributed by atoms with Crippen LogP contribution in [0.3, 0.4) is 0 Å². The Labute approximate surface area is 85.6 Å². The number of esters is 1. The van der Waals surface area contributed by atoms with Crippen molar-refractivity contribution in [1.29, 1.82) is 0 Å². The van der Waals surface area contributed by atoms with Crippen LogP contribution in [0.1, 0.15) is 25.7 Å². The molecule has 1 saturated carbocycles. The molecule has 0 aromatic carbocycles. The molecule has 1 atom stereocenters. The van der Waals surface area contributed by atoms with Gasteiger partial charge in [0, 0.05) is 6.54 Å². The standard InChI is InChI=1S/C8H15NO4S/c10-8(7-3-1-2-4-7)13-6-5-9-14(11)12/h7,9H,1-6H2,(H,11,12). The predicted octanol–water partition coefficient (Wildman–Crippen LogP) is 0.446. The molecular formula is C8H15NO4S. The first-order valence-corrected chi connectivity index (χ1v) is 5.82. The van der Waals surface area contributed by atoms with Crippen molar-refractivity contribution in [3.63, 3.8) is 0 Å². The van der Waals surface area contributed by atoms with Gasteiger partial charge in [0.05, 0.1) is 5.92 Å². The van der Waals surface area contributed by atoms with Crippen molar-refractivity contribution in [2.75, 3.05) is 13.2 Å². The number of carbonyl (C=O) groups is 1. The average Bonchev–Trinajstić information content (AvgIpc) is 2.64. The minimum absolute atomic E-state index is 0.0506. The monoisotopic (exact) mass is 221 g/mol. The highest BCUT2D eigenvalue weighted by molar-refractivity contribution is 7.77. The van der Waals surface area contributed by atoms with Crippen molar-refractivity contribution in [2.45, 2.75) is 25.7 Å². The summed E-state index contributed by atoms with van der Waals surface area (Å²) in [5, 5.41) is 0. The van der Waals surface area contributed by atoms with E-state index in [1.165, 1.54) is 0 Å². The maximum atomic E-state index is 11.3. The summed E-state index contributed by atoms with van der Waals surface area (Å²) in [6, 6.07) is 0. The van der Waals surface area contributed by atoms with E-state index in [4.69, 9.17) is 9.29 Å². The fourth-order valence-electron chi connectivity index (χ4n) is 1.56. The number of carbonyl (C=O) groups excluding carboxylic acids is 1. The van der Waals surface area contributed by atoms with Gasteiger partial charge in [-0.1, -0.05) is 12.8 Å². The molecule has 1 aliphatic carbocycles. The van der Waals surface area contributed by atoms with Crippen LogP contribution in [-0.4, -0.2) is 27.9 Å². The largest absolute Gasteiger partial charge is 0.464 e. The highest BCUT2D eigenvalue weighted by atomic mass is 32.2. The first-order valence-electron chi connectivity index (χ1n) is 4.71. The van der Waals surface area contributed by atoms with Crippen LogP contribution in [0.2, 0.25) is 0 Å². The molecule has 0 spiro atoms. The first kappa shape index (κ1) is 11.6. The third-order valence-corrected chi connectivity index (χ3v) is 2.71. The SMILES string of the molecule is O=C(OCCNS(=O)O)C1CCCC1. The summed E-state index contributed by atoms with van der Waals surface area (Å²) in [6.45, 7) is 0.364. The summed E-state index contributed by atoms with van der Waals surface area (Å²) in [5.41, 5.74) is 0. The van der Waals surface area contributed by atoms with Crippen molar-refractivity contribution in [1.82, 2.24) is 4.72 Å². The Hall–Kier alpha value is -0.460. The maximum absolute atomic E-state index is 11.3. The lowest BCUT2D eigenvalue weighted by atomic mass is 10.1. The van der Waals surface area contributed by atoms with Gasteiger partial charge in [0.15, 0.2) is 0 Å². The Morgan fingerprint density at radius 1 is 1.50 bits per heavy atom. The average molecular weight is 221 g/mol. The van der Waals surface area contributed by atoms with Crippen molar-refractivity contribution < 1.29 is 18.3 Å². The molecule has 2 N–H and O–H groups in total. The minimum Gasteiger partial charge on any atom is -0.464 e. The van der Waals surface area contributed by atoms with E-state index in [-0.39, 0.29) is 25.0 Å². The zero-order valence-corrected chi connectivity index (χ0v) is 8.72. The van der Waals surface area contributed by atoms with Crippen LogP contribution in [0.5, 0.6) is 0 Å². The topological polar surface area (TPSA) is 75.6 Å². The second-order valence-electron chi connectivity index (χ2n) is 3.29. The molecule has 0 amide bonds. The number of hydrogen-bond acceptors (Lipinski definition) is 3. The summed E-state index contributed by atoms with van der Waals surface area (Å²) in [7, 11) is 0. The maximum Gasteiger partial charge on any atom is 0.308 e. The Kier molecular flexibility index (Phi) is 5.06. The molecule has 6 heteroatoms. The van der Waals surface area contributed by atoms with Crippen molar-refractivity contribution in [3.05, 3.63) is 0 Å². The van der Waals surface area contributed by atoms with Gasteiger partial charge in [-0.25, -0.2) is 8.93 Å². The molecule has 0 heterocycles. The van der Waals surface area contributed by atoms with E-state index in [1.54, 1.807) is 0 Å². The van der Waals surface area contributed by atoms with Crippen LogP contribution in [-0.2, 0) is 20.8 Å². The predicted molar refractivity (Wildman–Crippen MR) is 51.7 cm³/mol. The number of nitrogens with one attached hydrogen (secondary N) is 1. The third kappa shape index (κ3) is 4.17. The third-order valence-electron chi connectivity index (χ3n) is 2.26. The van der Waals surface area contributed by atoms with Crippen LogP contribution >= 0.6 is 0 Å². The summed E-state index contributed by atoms with van der Waals surface area (Å²) >= 11 is -2.02. The molecular weight excluding hydrogens is 206 g/mol.